The zero-order valence-corrected chi connectivity index (χ0v) is 14.0. The van der Waals surface area contributed by atoms with E-state index in [1.165, 1.54) is 0 Å². The van der Waals surface area contributed by atoms with Crippen molar-refractivity contribution in [3.63, 3.8) is 0 Å². The van der Waals surface area contributed by atoms with Gasteiger partial charge in [0.25, 0.3) is 5.91 Å². The number of carbonyl (C=O) groups is 1. The summed E-state index contributed by atoms with van der Waals surface area (Å²) in [7, 11) is -3.35. The molecular weight excluding hydrogens is 302 g/mol. The molecule has 0 aliphatic carbocycles. The quantitative estimate of drug-likeness (QED) is 0.569. The highest BCUT2D eigenvalue weighted by molar-refractivity contribution is 7.92. The van der Waals surface area contributed by atoms with Crippen LogP contribution in [0.15, 0.2) is 24.3 Å². The van der Waals surface area contributed by atoms with Crippen LogP contribution in [0.5, 0.6) is 0 Å². The van der Waals surface area contributed by atoms with Crippen molar-refractivity contribution in [3.8, 4) is 0 Å². The van der Waals surface area contributed by atoms with Crippen LogP contribution in [-0.2, 0) is 10.0 Å². The number of hydrogen-bond acceptors (Lipinski definition) is 4. The Labute approximate surface area is 132 Å². The molecule has 124 valence electrons. The van der Waals surface area contributed by atoms with Crippen molar-refractivity contribution in [3.05, 3.63) is 29.8 Å². The molecule has 22 heavy (non-hydrogen) atoms. The van der Waals surface area contributed by atoms with Gasteiger partial charge in [-0.2, -0.15) is 0 Å². The minimum Gasteiger partial charge on any atom is -0.351 e. The van der Waals surface area contributed by atoms with Crippen molar-refractivity contribution in [2.75, 3.05) is 30.1 Å². The average molecular weight is 327 g/mol. The van der Waals surface area contributed by atoms with Gasteiger partial charge in [0.15, 0.2) is 0 Å². The first-order chi connectivity index (χ1) is 10.5. The van der Waals surface area contributed by atoms with Crippen LogP contribution in [0.4, 0.5) is 5.69 Å². The number of nitrogens with one attached hydrogen (secondary N) is 3. The summed E-state index contributed by atoms with van der Waals surface area (Å²) in [5, 5.41) is 5.99. The Balaban J connectivity index is 2.58. The van der Waals surface area contributed by atoms with E-state index in [-0.39, 0.29) is 11.7 Å². The third-order valence-electron chi connectivity index (χ3n) is 2.89. The van der Waals surface area contributed by atoms with Crippen molar-refractivity contribution in [1.29, 1.82) is 0 Å². The second-order valence-electron chi connectivity index (χ2n) is 5.01. The van der Waals surface area contributed by atoms with Crippen LogP contribution in [0.1, 0.15) is 37.0 Å². The second kappa shape index (κ2) is 9.42. The first-order valence-electron chi connectivity index (χ1n) is 7.58. The van der Waals surface area contributed by atoms with E-state index >= 15 is 0 Å². The fourth-order valence-corrected chi connectivity index (χ4v) is 3.02. The monoisotopic (exact) mass is 327 g/mol. The molecule has 0 saturated heterocycles. The van der Waals surface area contributed by atoms with E-state index in [0.29, 0.717) is 30.8 Å². The zero-order chi connectivity index (χ0) is 16.4. The van der Waals surface area contributed by atoms with Gasteiger partial charge in [-0.1, -0.05) is 19.9 Å². The zero-order valence-electron chi connectivity index (χ0n) is 13.2. The topological polar surface area (TPSA) is 87.3 Å². The van der Waals surface area contributed by atoms with Gasteiger partial charge >= 0.3 is 0 Å². The molecule has 0 aromatic heterocycles. The molecule has 1 rings (SSSR count). The van der Waals surface area contributed by atoms with Gasteiger partial charge in [0.1, 0.15) is 0 Å². The number of benzene rings is 1. The molecule has 7 heteroatoms. The standard InChI is InChI=1S/C15H25N3O3S/c1-3-8-16-9-10-17-15(19)13-6-5-7-14(12-13)18-22(20,21)11-4-2/h5-7,12,16,18H,3-4,8-11H2,1-2H3,(H,17,19). The molecule has 0 atom stereocenters. The van der Waals surface area contributed by atoms with Crippen molar-refractivity contribution in [1.82, 2.24) is 10.6 Å². The molecule has 1 aromatic carbocycles. The lowest BCUT2D eigenvalue weighted by Gasteiger charge is -2.09. The average Bonchev–Trinajstić information content (AvgIpc) is 2.46. The van der Waals surface area contributed by atoms with E-state index in [0.717, 1.165) is 13.0 Å². The van der Waals surface area contributed by atoms with Gasteiger partial charge < -0.3 is 10.6 Å². The van der Waals surface area contributed by atoms with Gasteiger partial charge in [-0.3, -0.25) is 9.52 Å². The molecule has 3 N–H and O–H groups in total. The van der Waals surface area contributed by atoms with E-state index < -0.39 is 10.0 Å². The van der Waals surface area contributed by atoms with E-state index in [1.807, 2.05) is 0 Å². The number of anilines is 1. The Bertz CT molecular complexity index is 573. The Kier molecular flexibility index (Phi) is 7.90. The first kappa shape index (κ1) is 18.4. The summed E-state index contributed by atoms with van der Waals surface area (Å²) < 4.78 is 25.9. The minimum absolute atomic E-state index is 0.0620. The lowest BCUT2D eigenvalue weighted by atomic mass is 10.2. The maximum Gasteiger partial charge on any atom is 0.251 e. The highest BCUT2D eigenvalue weighted by Crippen LogP contribution is 2.12. The molecule has 0 fully saturated rings. The summed E-state index contributed by atoms with van der Waals surface area (Å²) in [6.07, 6.45) is 1.59. The van der Waals surface area contributed by atoms with E-state index in [1.54, 1.807) is 31.2 Å². The molecule has 0 heterocycles. The molecule has 1 amide bonds. The molecule has 1 aromatic rings. The second-order valence-corrected chi connectivity index (χ2v) is 6.85. The predicted molar refractivity (Wildman–Crippen MR) is 89.6 cm³/mol. The van der Waals surface area contributed by atoms with Gasteiger partial charge in [-0.15, -0.1) is 0 Å². The third-order valence-corrected chi connectivity index (χ3v) is 4.38. The Hall–Kier alpha value is -1.60. The fraction of sp³-hybridized carbons (Fsp3) is 0.533. The minimum atomic E-state index is -3.35. The summed E-state index contributed by atoms with van der Waals surface area (Å²) in [4.78, 5) is 12.0. The summed E-state index contributed by atoms with van der Waals surface area (Å²) in [6, 6.07) is 6.50. The molecule has 0 radical (unpaired) electrons. The molecule has 0 bridgehead atoms. The van der Waals surface area contributed by atoms with E-state index in [4.69, 9.17) is 0 Å². The third kappa shape index (κ3) is 6.91. The molecule has 0 unspecified atom stereocenters. The van der Waals surface area contributed by atoms with Crippen LogP contribution in [0.3, 0.4) is 0 Å². The van der Waals surface area contributed by atoms with Gasteiger partial charge in [0, 0.05) is 24.3 Å². The van der Waals surface area contributed by atoms with Crippen LogP contribution in [0.25, 0.3) is 0 Å². The summed E-state index contributed by atoms with van der Waals surface area (Å²) >= 11 is 0. The molecule has 0 aliphatic heterocycles. The maximum atomic E-state index is 12.0. The molecule has 0 aliphatic rings. The first-order valence-corrected chi connectivity index (χ1v) is 9.23. The van der Waals surface area contributed by atoms with Crippen molar-refractivity contribution >= 4 is 21.6 Å². The van der Waals surface area contributed by atoms with Crippen LogP contribution < -0.4 is 15.4 Å². The highest BCUT2D eigenvalue weighted by Gasteiger charge is 2.11. The summed E-state index contributed by atoms with van der Waals surface area (Å²) in [5.41, 5.74) is 0.845. The Morgan fingerprint density at radius 3 is 2.55 bits per heavy atom. The van der Waals surface area contributed by atoms with Crippen molar-refractivity contribution in [2.45, 2.75) is 26.7 Å². The van der Waals surface area contributed by atoms with Crippen molar-refractivity contribution in [2.24, 2.45) is 0 Å². The van der Waals surface area contributed by atoms with Crippen LogP contribution in [-0.4, -0.2) is 39.7 Å². The van der Waals surface area contributed by atoms with Crippen molar-refractivity contribution < 1.29 is 13.2 Å². The van der Waals surface area contributed by atoms with Gasteiger partial charge in [0.2, 0.25) is 10.0 Å². The predicted octanol–water partition coefficient (Wildman–Crippen LogP) is 1.57. The summed E-state index contributed by atoms with van der Waals surface area (Å²) in [5.74, 6) is -0.151. The van der Waals surface area contributed by atoms with E-state index in [9.17, 15) is 13.2 Å². The maximum absolute atomic E-state index is 12.0. The largest absolute Gasteiger partial charge is 0.351 e. The summed E-state index contributed by atoms with van der Waals surface area (Å²) in [6.45, 7) is 6.05. The molecule has 0 saturated carbocycles. The lowest BCUT2D eigenvalue weighted by molar-refractivity contribution is 0.0954. The Morgan fingerprint density at radius 1 is 1.09 bits per heavy atom. The Morgan fingerprint density at radius 2 is 1.86 bits per heavy atom. The van der Waals surface area contributed by atoms with Gasteiger partial charge in [0.05, 0.1) is 5.75 Å². The molecule has 0 spiro atoms. The van der Waals surface area contributed by atoms with Crippen LogP contribution in [0.2, 0.25) is 0 Å². The molecule has 6 nitrogen and oxygen atoms in total. The highest BCUT2D eigenvalue weighted by atomic mass is 32.2. The van der Waals surface area contributed by atoms with Gasteiger partial charge in [-0.25, -0.2) is 8.42 Å². The lowest BCUT2D eigenvalue weighted by Crippen LogP contribution is -2.32. The SMILES string of the molecule is CCCNCCNC(=O)c1cccc(NS(=O)(=O)CCC)c1. The van der Waals surface area contributed by atoms with Crippen LogP contribution >= 0.6 is 0 Å². The molecular formula is C15H25N3O3S. The number of amides is 1. The van der Waals surface area contributed by atoms with E-state index in [2.05, 4.69) is 22.3 Å². The normalized spacial score (nSPS) is 11.2. The smallest absolute Gasteiger partial charge is 0.251 e. The number of carbonyl (C=O) groups excluding carboxylic acids is 1. The van der Waals surface area contributed by atoms with Gasteiger partial charge in [-0.05, 0) is 37.6 Å². The fourth-order valence-electron chi connectivity index (χ4n) is 1.89. The number of hydrogen-bond donors (Lipinski definition) is 3. The number of rotatable bonds is 10. The number of sulfonamides is 1. The van der Waals surface area contributed by atoms with Crippen LogP contribution in [0, 0.1) is 0 Å².